The number of rotatable bonds is 7. The smallest absolute Gasteiger partial charge is 0.240 e. The van der Waals surface area contributed by atoms with Crippen molar-refractivity contribution in [1.82, 2.24) is 4.72 Å². The molecule has 4 nitrogen and oxygen atoms in total. The third kappa shape index (κ3) is 5.10. The molecule has 7 heteroatoms. The Labute approximate surface area is 148 Å². The topological polar surface area (TPSA) is 63.2 Å². The molecule has 0 spiro atoms. The van der Waals surface area contributed by atoms with Gasteiger partial charge in [0.15, 0.2) is 5.78 Å². The van der Waals surface area contributed by atoms with Crippen LogP contribution in [0, 0.1) is 0 Å². The molecule has 1 aromatic carbocycles. The predicted octanol–water partition coefficient (Wildman–Crippen LogP) is 4.10. The normalized spacial score (nSPS) is 11.9. The van der Waals surface area contributed by atoms with Crippen LogP contribution in [0.25, 0.3) is 6.08 Å². The van der Waals surface area contributed by atoms with Crippen LogP contribution in [-0.4, -0.2) is 20.7 Å². The Morgan fingerprint density at radius 3 is 2.57 bits per heavy atom. The minimum absolute atomic E-state index is 0.161. The van der Waals surface area contributed by atoms with Crippen LogP contribution < -0.4 is 4.72 Å². The van der Waals surface area contributed by atoms with Gasteiger partial charge >= 0.3 is 0 Å². The Kier molecular flexibility index (Phi) is 6.29. The van der Waals surface area contributed by atoms with Gasteiger partial charge in [0.1, 0.15) is 0 Å². The average molecular weight is 414 g/mol. The second-order valence-corrected chi connectivity index (χ2v) is 8.41. The van der Waals surface area contributed by atoms with Gasteiger partial charge in [-0.3, -0.25) is 4.79 Å². The maximum absolute atomic E-state index is 12.1. The van der Waals surface area contributed by atoms with Gasteiger partial charge in [0.25, 0.3) is 0 Å². The molecule has 0 bridgehead atoms. The van der Waals surface area contributed by atoms with Crippen LogP contribution in [0.2, 0.25) is 0 Å². The molecule has 2 aromatic rings. The highest BCUT2D eigenvalue weighted by atomic mass is 79.9. The summed E-state index contributed by atoms with van der Waals surface area (Å²) in [4.78, 5) is 13.2. The third-order valence-electron chi connectivity index (χ3n) is 2.98. The Morgan fingerprint density at radius 2 is 2.00 bits per heavy atom. The molecule has 0 aliphatic heterocycles. The minimum atomic E-state index is -3.50. The van der Waals surface area contributed by atoms with E-state index in [0.29, 0.717) is 12.1 Å². The molecule has 1 aromatic heterocycles. The van der Waals surface area contributed by atoms with Gasteiger partial charge in [0.05, 0.1) is 4.90 Å². The first-order valence-corrected chi connectivity index (χ1v) is 10.1. The number of hydrogen-bond acceptors (Lipinski definition) is 4. The SMILES string of the molecule is CCCNS(=O)(=O)c1ccc(C(=O)/C=C/c2cc(Br)cs2)cc1. The van der Waals surface area contributed by atoms with Crippen LogP contribution in [0.4, 0.5) is 0 Å². The van der Waals surface area contributed by atoms with Crippen molar-refractivity contribution >= 4 is 49.1 Å². The lowest BCUT2D eigenvalue weighted by Gasteiger charge is -2.05. The van der Waals surface area contributed by atoms with E-state index >= 15 is 0 Å². The molecule has 0 aliphatic carbocycles. The Morgan fingerprint density at radius 1 is 1.30 bits per heavy atom. The highest BCUT2D eigenvalue weighted by Crippen LogP contribution is 2.21. The maximum atomic E-state index is 12.1. The van der Waals surface area contributed by atoms with Gasteiger partial charge in [-0.05, 0) is 64.8 Å². The van der Waals surface area contributed by atoms with Crippen LogP contribution in [0.1, 0.15) is 28.6 Å². The zero-order valence-corrected chi connectivity index (χ0v) is 15.7. The number of sulfonamides is 1. The predicted molar refractivity (Wildman–Crippen MR) is 97.3 cm³/mol. The number of benzene rings is 1. The lowest BCUT2D eigenvalue weighted by Crippen LogP contribution is -2.24. The van der Waals surface area contributed by atoms with Crippen LogP contribution in [0.15, 0.2) is 51.2 Å². The third-order valence-corrected chi connectivity index (χ3v) is 6.11. The van der Waals surface area contributed by atoms with Crippen LogP contribution in [-0.2, 0) is 10.0 Å². The fraction of sp³-hybridized carbons (Fsp3) is 0.188. The highest BCUT2D eigenvalue weighted by Gasteiger charge is 2.13. The number of halogens is 1. The first kappa shape index (κ1) is 18.1. The van der Waals surface area contributed by atoms with Crippen molar-refractivity contribution in [2.75, 3.05) is 6.54 Å². The van der Waals surface area contributed by atoms with Gasteiger partial charge in [0, 0.05) is 26.8 Å². The number of allylic oxidation sites excluding steroid dienone is 1. The van der Waals surface area contributed by atoms with E-state index in [9.17, 15) is 13.2 Å². The van der Waals surface area contributed by atoms with Gasteiger partial charge in [-0.2, -0.15) is 0 Å². The molecule has 0 saturated heterocycles. The molecule has 1 heterocycles. The lowest BCUT2D eigenvalue weighted by atomic mass is 10.1. The van der Waals surface area contributed by atoms with Crippen LogP contribution in [0.5, 0.6) is 0 Å². The molecule has 0 aliphatic rings. The van der Waals surface area contributed by atoms with E-state index in [2.05, 4.69) is 20.7 Å². The summed E-state index contributed by atoms with van der Waals surface area (Å²) in [6.07, 6.45) is 3.95. The summed E-state index contributed by atoms with van der Waals surface area (Å²) in [6.45, 7) is 2.28. The van der Waals surface area contributed by atoms with Gasteiger partial charge in [-0.25, -0.2) is 13.1 Å². The minimum Gasteiger partial charge on any atom is -0.289 e. The summed E-state index contributed by atoms with van der Waals surface area (Å²) in [6, 6.07) is 7.86. The van der Waals surface area contributed by atoms with E-state index in [0.717, 1.165) is 15.8 Å². The van der Waals surface area contributed by atoms with Crippen molar-refractivity contribution in [3.05, 3.63) is 56.7 Å². The second kappa shape index (κ2) is 8.01. The van der Waals surface area contributed by atoms with E-state index in [1.807, 2.05) is 18.4 Å². The zero-order chi connectivity index (χ0) is 16.9. The fourth-order valence-electron chi connectivity index (χ4n) is 1.79. The molecular weight excluding hydrogens is 398 g/mol. The first-order chi connectivity index (χ1) is 10.9. The Hall–Kier alpha value is -1.28. The van der Waals surface area contributed by atoms with Crippen molar-refractivity contribution in [3.63, 3.8) is 0 Å². The van der Waals surface area contributed by atoms with Crippen molar-refractivity contribution in [2.24, 2.45) is 0 Å². The van der Waals surface area contributed by atoms with Gasteiger partial charge in [-0.15, -0.1) is 11.3 Å². The zero-order valence-electron chi connectivity index (χ0n) is 12.5. The van der Waals surface area contributed by atoms with E-state index in [1.165, 1.54) is 41.7 Å². The van der Waals surface area contributed by atoms with Crippen molar-refractivity contribution in [1.29, 1.82) is 0 Å². The van der Waals surface area contributed by atoms with E-state index in [-0.39, 0.29) is 10.7 Å². The van der Waals surface area contributed by atoms with Gasteiger partial charge < -0.3 is 0 Å². The summed E-state index contributed by atoms with van der Waals surface area (Å²) < 4.78 is 27.4. The van der Waals surface area contributed by atoms with E-state index in [4.69, 9.17) is 0 Å². The monoisotopic (exact) mass is 413 g/mol. The molecule has 0 unspecified atom stereocenters. The van der Waals surface area contributed by atoms with Crippen molar-refractivity contribution in [3.8, 4) is 0 Å². The van der Waals surface area contributed by atoms with E-state index < -0.39 is 10.0 Å². The standard InChI is InChI=1S/C16H16BrNO3S2/c1-2-9-18-23(20,21)15-6-3-12(4-7-15)16(19)8-5-14-10-13(17)11-22-14/h3-8,10-11,18H,2,9H2,1H3/b8-5+. The number of hydrogen-bond donors (Lipinski definition) is 1. The van der Waals surface area contributed by atoms with E-state index in [1.54, 1.807) is 6.08 Å². The van der Waals surface area contributed by atoms with Gasteiger partial charge in [-0.1, -0.05) is 6.92 Å². The molecule has 122 valence electrons. The van der Waals surface area contributed by atoms with Crippen LogP contribution >= 0.6 is 27.3 Å². The molecule has 0 fully saturated rings. The average Bonchev–Trinajstić information content (AvgIpc) is 2.96. The molecule has 2 rings (SSSR count). The Bertz CT molecular complexity index is 808. The number of carbonyl (C=O) groups is 1. The summed E-state index contributed by atoms with van der Waals surface area (Å²) in [5, 5.41) is 1.94. The maximum Gasteiger partial charge on any atom is 0.240 e. The summed E-state index contributed by atoms with van der Waals surface area (Å²) in [7, 11) is -3.50. The second-order valence-electron chi connectivity index (χ2n) is 4.79. The first-order valence-electron chi connectivity index (χ1n) is 6.98. The molecule has 0 amide bonds. The summed E-state index contributed by atoms with van der Waals surface area (Å²) in [5.41, 5.74) is 0.450. The lowest BCUT2D eigenvalue weighted by molar-refractivity contribution is 0.104. The molecule has 0 saturated carbocycles. The number of nitrogens with one attached hydrogen (secondary N) is 1. The van der Waals surface area contributed by atoms with Crippen molar-refractivity contribution in [2.45, 2.75) is 18.2 Å². The quantitative estimate of drug-likeness (QED) is 0.548. The van der Waals surface area contributed by atoms with Crippen molar-refractivity contribution < 1.29 is 13.2 Å². The van der Waals surface area contributed by atoms with Gasteiger partial charge in [0.2, 0.25) is 10.0 Å². The molecule has 23 heavy (non-hydrogen) atoms. The molecular formula is C16H16BrNO3S2. The summed E-state index contributed by atoms with van der Waals surface area (Å²) in [5.74, 6) is -0.167. The number of carbonyl (C=O) groups excluding carboxylic acids is 1. The fourth-order valence-corrected chi connectivity index (χ4v) is 4.26. The molecule has 0 radical (unpaired) electrons. The van der Waals surface area contributed by atoms with Crippen LogP contribution in [0.3, 0.4) is 0 Å². The largest absolute Gasteiger partial charge is 0.289 e. The molecule has 1 N–H and O–H groups in total. The number of ketones is 1. The Balaban J connectivity index is 2.10. The highest BCUT2D eigenvalue weighted by molar-refractivity contribution is 9.10. The number of thiophene rings is 1. The summed E-state index contributed by atoms with van der Waals surface area (Å²) >= 11 is 4.88. The molecule has 0 atom stereocenters.